The average Bonchev–Trinajstić information content (AvgIpc) is 2.81. The lowest BCUT2D eigenvalue weighted by atomic mass is 10.1. The molecule has 1 heterocycles. The molecule has 0 aliphatic heterocycles. The smallest absolute Gasteiger partial charge is 0.358 e. The third-order valence-electron chi connectivity index (χ3n) is 2.49. The Balaban J connectivity index is 2.47. The van der Waals surface area contributed by atoms with Gasteiger partial charge < -0.3 is 5.11 Å². The van der Waals surface area contributed by atoms with Crippen molar-refractivity contribution >= 4 is 5.97 Å². The molecule has 5 nitrogen and oxygen atoms in total. The number of alkyl halides is 1. The van der Waals surface area contributed by atoms with Crippen molar-refractivity contribution in [3.8, 4) is 11.3 Å². The topological polar surface area (TPSA) is 68.0 Å². The lowest BCUT2D eigenvalue weighted by Crippen LogP contribution is -2.05. The fourth-order valence-corrected chi connectivity index (χ4v) is 1.70. The van der Waals surface area contributed by atoms with E-state index in [1.54, 1.807) is 24.3 Å². The molecule has 0 radical (unpaired) electrons. The van der Waals surface area contributed by atoms with Gasteiger partial charge in [0, 0.05) is 12.1 Å². The number of hydrogen-bond donors (Lipinski definition) is 1. The van der Waals surface area contributed by atoms with Crippen LogP contribution in [-0.2, 0) is 6.54 Å². The van der Waals surface area contributed by atoms with Gasteiger partial charge in [-0.25, -0.2) is 9.48 Å². The molecule has 0 aliphatic rings. The van der Waals surface area contributed by atoms with E-state index in [0.717, 1.165) is 0 Å². The predicted octanol–water partition coefficient (Wildman–Crippen LogP) is 2.00. The molecule has 1 aromatic heterocycles. The standard InChI is InChI=1S/C12H12FN3O2/c13-7-4-8-16-11(9-5-2-1-3-6-9)10(12(17)18)14-15-16/h1-3,5-6H,4,7-8H2,(H,17,18). The van der Waals surface area contributed by atoms with Crippen LogP contribution in [-0.4, -0.2) is 32.7 Å². The zero-order valence-corrected chi connectivity index (χ0v) is 9.58. The molecule has 0 atom stereocenters. The summed E-state index contributed by atoms with van der Waals surface area (Å²) < 4.78 is 13.6. The molecular formula is C12H12FN3O2. The van der Waals surface area contributed by atoms with E-state index in [1.807, 2.05) is 6.07 Å². The summed E-state index contributed by atoms with van der Waals surface area (Å²) in [5.41, 5.74) is 1.01. The average molecular weight is 249 g/mol. The summed E-state index contributed by atoms with van der Waals surface area (Å²) in [7, 11) is 0. The van der Waals surface area contributed by atoms with Crippen LogP contribution in [0.15, 0.2) is 30.3 Å². The Hall–Kier alpha value is -2.24. The Morgan fingerprint density at radius 3 is 2.67 bits per heavy atom. The van der Waals surface area contributed by atoms with Crippen molar-refractivity contribution in [3.63, 3.8) is 0 Å². The summed E-state index contributed by atoms with van der Waals surface area (Å²) in [6.45, 7) is -0.169. The van der Waals surface area contributed by atoms with Gasteiger partial charge in [-0.05, 0) is 6.42 Å². The second-order valence-corrected chi connectivity index (χ2v) is 3.72. The first-order chi connectivity index (χ1) is 8.74. The molecule has 6 heteroatoms. The van der Waals surface area contributed by atoms with Crippen LogP contribution < -0.4 is 0 Å². The highest BCUT2D eigenvalue weighted by Crippen LogP contribution is 2.22. The number of rotatable bonds is 5. The molecule has 0 amide bonds. The summed E-state index contributed by atoms with van der Waals surface area (Å²) in [6.07, 6.45) is 0.280. The van der Waals surface area contributed by atoms with Crippen molar-refractivity contribution in [2.45, 2.75) is 13.0 Å². The number of carbonyl (C=O) groups is 1. The highest BCUT2D eigenvalue weighted by molar-refractivity contribution is 5.92. The van der Waals surface area contributed by atoms with Gasteiger partial charge >= 0.3 is 5.97 Å². The summed E-state index contributed by atoms with van der Waals surface area (Å²) in [5, 5.41) is 16.5. The van der Waals surface area contributed by atoms with Crippen molar-refractivity contribution in [2.24, 2.45) is 0 Å². The Morgan fingerprint density at radius 2 is 2.06 bits per heavy atom. The second kappa shape index (κ2) is 5.39. The van der Waals surface area contributed by atoms with Crippen molar-refractivity contribution in [1.29, 1.82) is 0 Å². The van der Waals surface area contributed by atoms with Crippen LogP contribution in [0.2, 0.25) is 0 Å². The number of aromatic nitrogens is 3. The van der Waals surface area contributed by atoms with E-state index in [4.69, 9.17) is 5.11 Å². The van der Waals surface area contributed by atoms with Crippen molar-refractivity contribution in [3.05, 3.63) is 36.0 Å². The molecule has 0 saturated heterocycles. The molecule has 0 unspecified atom stereocenters. The van der Waals surface area contributed by atoms with E-state index in [2.05, 4.69) is 10.3 Å². The maximum Gasteiger partial charge on any atom is 0.358 e. The minimum atomic E-state index is -1.14. The van der Waals surface area contributed by atoms with E-state index in [9.17, 15) is 9.18 Å². The third kappa shape index (κ3) is 2.37. The largest absolute Gasteiger partial charge is 0.476 e. The fraction of sp³-hybridized carbons (Fsp3) is 0.250. The zero-order chi connectivity index (χ0) is 13.0. The van der Waals surface area contributed by atoms with E-state index in [1.165, 1.54) is 4.68 Å². The lowest BCUT2D eigenvalue weighted by Gasteiger charge is -2.05. The van der Waals surface area contributed by atoms with Crippen molar-refractivity contribution in [1.82, 2.24) is 15.0 Å². The van der Waals surface area contributed by atoms with Crippen LogP contribution in [0, 0.1) is 0 Å². The van der Waals surface area contributed by atoms with Gasteiger partial charge in [-0.1, -0.05) is 35.5 Å². The van der Waals surface area contributed by atoms with Gasteiger partial charge in [-0.15, -0.1) is 5.10 Å². The normalized spacial score (nSPS) is 10.5. The first-order valence-corrected chi connectivity index (χ1v) is 5.52. The third-order valence-corrected chi connectivity index (χ3v) is 2.49. The number of aromatic carboxylic acids is 1. The van der Waals surface area contributed by atoms with Crippen LogP contribution >= 0.6 is 0 Å². The molecule has 0 aliphatic carbocycles. The van der Waals surface area contributed by atoms with Gasteiger partial charge in [0.05, 0.1) is 6.67 Å². The monoisotopic (exact) mass is 249 g/mol. The summed E-state index contributed by atoms with van der Waals surface area (Å²) in [6, 6.07) is 8.98. The second-order valence-electron chi connectivity index (χ2n) is 3.72. The Kier molecular flexibility index (Phi) is 3.66. The zero-order valence-electron chi connectivity index (χ0n) is 9.58. The Morgan fingerprint density at radius 1 is 1.33 bits per heavy atom. The highest BCUT2D eigenvalue weighted by atomic mass is 19.1. The lowest BCUT2D eigenvalue weighted by molar-refractivity contribution is 0.0691. The van der Waals surface area contributed by atoms with Crippen LogP contribution in [0.1, 0.15) is 16.9 Å². The van der Waals surface area contributed by atoms with E-state index in [-0.39, 0.29) is 12.1 Å². The molecule has 2 aromatic rings. The number of nitrogens with zero attached hydrogens (tertiary/aromatic N) is 3. The number of carboxylic acids is 1. The number of aryl methyl sites for hydroxylation is 1. The minimum absolute atomic E-state index is 0.111. The molecule has 2 rings (SSSR count). The van der Waals surface area contributed by atoms with Gasteiger partial charge in [-0.2, -0.15) is 0 Å². The minimum Gasteiger partial charge on any atom is -0.476 e. The number of halogens is 1. The number of benzene rings is 1. The van der Waals surface area contributed by atoms with Gasteiger partial charge in [0.25, 0.3) is 0 Å². The highest BCUT2D eigenvalue weighted by Gasteiger charge is 2.19. The number of carboxylic acid groups (broad SMARTS) is 1. The molecule has 94 valence electrons. The molecule has 18 heavy (non-hydrogen) atoms. The maximum absolute atomic E-state index is 12.2. The Bertz CT molecular complexity index is 540. The fourth-order valence-electron chi connectivity index (χ4n) is 1.70. The summed E-state index contributed by atoms with van der Waals surface area (Å²) >= 11 is 0. The van der Waals surface area contributed by atoms with E-state index in [0.29, 0.717) is 17.8 Å². The molecule has 0 bridgehead atoms. The van der Waals surface area contributed by atoms with Crippen molar-refractivity contribution < 1.29 is 14.3 Å². The molecule has 0 fully saturated rings. The number of hydrogen-bond acceptors (Lipinski definition) is 3. The SMILES string of the molecule is O=C(O)c1nnn(CCCF)c1-c1ccccc1. The predicted molar refractivity (Wildman–Crippen MR) is 63.0 cm³/mol. The van der Waals surface area contributed by atoms with Crippen LogP contribution in [0.5, 0.6) is 0 Å². The van der Waals surface area contributed by atoms with Gasteiger partial charge in [0.15, 0.2) is 5.69 Å². The van der Waals surface area contributed by atoms with Crippen LogP contribution in [0.25, 0.3) is 11.3 Å². The first-order valence-electron chi connectivity index (χ1n) is 5.52. The first kappa shape index (κ1) is 12.2. The van der Waals surface area contributed by atoms with Crippen LogP contribution in [0.4, 0.5) is 4.39 Å². The summed E-state index contributed by atoms with van der Waals surface area (Å²) in [4.78, 5) is 11.1. The van der Waals surface area contributed by atoms with Crippen LogP contribution in [0.3, 0.4) is 0 Å². The van der Waals surface area contributed by atoms with Gasteiger partial charge in [0.1, 0.15) is 5.69 Å². The summed E-state index contributed by atoms with van der Waals surface area (Å²) in [5.74, 6) is -1.14. The molecule has 0 saturated carbocycles. The Labute approximate surface area is 103 Å². The van der Waals surface area contributed by atoms with Gasteiger partial charge in [0.2, 0.25) is 0 Å². The van der Waals surface area contributed by atoms with Crippen molar-refractivity contribution in [2.75, 3.05) is 6.67 Å². The molecule has 1 N–H and O–H groups in total. The quantitative estimate of drug-likeness (QED) is 0.880. The van der Waals surface area contributed by atoms with E-state index < -0.39 is 12.6 Å². The maximum atomic E-state index is 12.2. The molecule has 0 spiro atoms. The van der Waals surface area contributed by atoms with Gasteiger partial charge in [-0.3, -0.25) is 4.39 Å². The molecule has 1 aromatic carbocycles. The van der Waals surface area contributed by atoms with E-state index >= 15 is 0 Å². The molecular weight excluding hydrogens is 237 g/mol.